The number of nitrogens with one attached hydrogen (secondary N) is 3. The lowest BCUT2D eigenvalue weighted by atomic mass is 9.85. The van der Waals surface area contributed by atoms with Crippen LogP contribution < -0.4 is 16.0 Å². The molecule has 4 rings (SSSR count). The van der Waals surface area contributed by atoms with Gasteiger partial charge in [0.2, 0.25) is 11.8 Å². The van der Waals surface area contributed by atoms with Crippen molar-refractivity contribution in [2.24, 2.45) is 28.7 Å². The molecule has 2 amide bonds. The molecule has 1 aromatic carbocycles. The van der Waals surface area contributed by atoms with Crippen LogP contribution in [0.25, 0.3) is 0 Å². The molecule has 11 heteroatoms. The van der Waals surface area contributed by atoms with Crippen molar-refractivity contribution < 1.29 is 14.5 Å². The molecule has 1 saturated heterocycles. The molecule has 178 valence electrons. The van der Waals surface area contributed by atoms with Crippen LogP contribution >= 0.6 is 24.0 Å². The Kier molecular flexibility index (Phi) is 8.27. The largest absolute Gasteiger partial charge is 0.378 e. The lowest BCUT2D eigenvalue weighted by Gasteiger charge is -2.18. The fourth-order valence-electron chi connectivity index (χ4n) is 4.95. The third-order valence-corrected chi connectivity index (χ3v) is 6.33. The molecule has 1 saturated carbocycles. The summed E-state index contributed by atoms with van der Waals surface area (Å²) >= 11 is 0. The molecule has 1 heterocycles. The van der Waals surface area contributed by atoms with Crippen LogP contribution in [0, 0.1) is 33.8 Å². The second kappa shape index (κ2) is 10.9. The number of para-hydroxylation sites is 2. The Bertz CT molecular complexity index is 938. The zero-order valence-electron chi connectivity index (χ0n) is 18.4. The highest BCUT2D eigenvalue weighted by Crippen LogP contribution is 2.52. The number of likely N-dealkylation sites (tertiary alicyclic amines) is 1. The average Bonchev–Trinajstić information content (AvgIpc) is 3.46. The highest BCUT2D eigenvalue weighted by atomic mass is 127. The van der Waals surface area contributed by atoms with E-state index in [2.05, 4.69) is 33.1 Å². The van der Waals surface area contributed by atoms with Crippen LogP contribution in [0.2, 0.25) is 0 Å². The van der Waals surface area contributed by atoms with Crippen LogP contribution in [0.5, 0.6) is 0 Å². The van der Waals surface area contributed by atoms with E-state index in [4.69, 9.17) is 0 Å². The van der Waals surface area contributed by atoms with Crippen LogP contribution in [0.3, 0.4) is 0 Å². The normalized spacial score (nSPS) is 25.1. The number of rotatable bonds is 9. The summed E-state index contributed by atoms with van der Waals surface area (Å²) in [5.41, 5.74) is 0.473. The lowest BCUT2D eigenvalue weighted by Crippen LogP contribution is -2.43. The van der Waals surface area contributed by atoms with Gasteiger partial charge in [-0.3, -0.25) is 29.6 Å². The van der Waals surface area contributed by atoms with Gasteiger partial charge in [0.15, 0.2) is 5.96 Å². The maximum absolute atomic E-state index is 12.8. The van der Waals surface area contributed by atoms with Gasteiger partial charge in [-0.05, 0) is 31.2 Å². The molecule has 2 aliphatic carbocycles. The first kappa shape index (κ1) is 24.9. The van der Waals surface area contributed by atoms with Crippen molar-refractivity contribution in [3.05, 3.63) is 46.5 Å². The maximum atomic E-state index is 12.8. The summed E-state index contributed by atoms with van der Waals surface area (Å²) in [6.45, 7) is 4.13. The Hall–Kier alpha value is -2.70. The summed E-state index contributed by atoms with van der Waals surface area (Å²) in [6.07, 6.45) is 5.11. The summed E-state index contributed by atoms with van der Waals surface area (Å²) in [4.78, 5) is 42.0. The summed E-state index contributed by atoms with van der Waals surface area (Å²) in [5, 5.41) is 20.4. The molecule has 0 spiro atoms. The standard InChI is InChI=1S/C22H28N6O4.HI/c1-2-23-22(25-10-9-24-16-5-3-4-6-17(16)28(31)32)26-11-12-27-20(29)18-14-7-8-15(13-14)19(18)21(27)30;/h3-8,14-15,18-19,24H,2,9-13H2,1H3,(H2,23,25,26);1H. The third-order valence-electron chi connectivity index (χ3n) is 6.33. The minimum absolute atomic E-state index is 0. The molecule has 4 unspecified atom stereocenters. The first-order chi connectivity index (χ1) is 15.5. The van der Waals surface area contributed by atoms with Gasteiger partial charge in [0, 0.05) is 32.2 Å². The monoisotopic (exact) mass is 568 g/mol. The van der Waals surface area contributed by atoms with Crippen LogP contribution in [0.4, 0.5) is 11.4 Å². The molecule has 0 aromatic heterocycles. The number of carbonyl (C=O) groups excluding carboxylic acids is 2. The Morgan fingerprint density at radius 3 is 2.42 bits per heavy atom. The Labute approximate surface area is 209 Å². The minimum atomic E-state index is -0.423. The van der Waals surface area contributed by atoms with E-state index in [0.29, 0.717) is 44.4 Å². The van der Waals surface area contributed by atoms with Crippen molar-refractivity contribution in [1.82, 2.24) is 15.5 Å². The van der Waals surface area contributed by atoms with E-state index >= 15 is 0 Å². The zero-order valence-corrected chi connectivity index (χ0v) is 20.7. The number of anilines is 1. The van der Waals surface area contributed by atoms with E-state index in [9.17, 15) is 19.7 Å². The summed E-state index contributed by atoms with van der Waals surface area (Å²) in [7, 11) is 0. The van der Waals surface area contributed by atoms with Gasteiger partial charge in [-0.25, -0.2) is 0 Å². The van der Waals surface area contributed by atoms with Crippen molar-refractivity contribution in [3.63, 3.8) is 0 Å². The molecular formula is C22H29IN6O4. The summed E-state index contributed by atoms with van der Waals surface area (Å²) in [6, 6.07) is 6.47. The van der Waals surface area contributed by atoms with Crippen LogP contribution in [0.1, 0.15) is 13.3 Å². The number of allylic oxidation sites excluding steroid dienone is 2. The molecule has 33 heavy (non-hydrogen) atoms. The molecule has 10 nitrogen and oxygen atoms in total. The van der Waals surface area contributed by atoms with E-state index < -0.39 is 4.92 Å². The SMILES string of the molecule is CCNC(=NCCNc1ccccc1[N+](=O)[O-])NCCN1C(=O)C2C3C=CC(C3)C2C1=O.I. The number of benzene rings is 1. The van der Waals surface area contributed by atoms with Gasteiger partial charge in [0.05, 0.1) is 23.3 Å². The molecule has 2 fully saturated rings. The van der Waals surface area contributed by atoms with Crippen LogP contribution in [0.15, 0.2) is 41.4 Å². The van der Waals surface area contributed by atoms with Gasteiger partial charge < -0.3 is 16.0 Å². The minimum Gasteiger partial charge on any atom is -0.378 e. The number of halogens is 1. The number of hydrogen-bond donors (Lipinski definition) is 3. The fourth-order valence-corrected chi connectivity index (χ4v) is 4.95. The van der Waals surface area contributed by atoms with Gasteiger partial charge >= 0.3 is 0 Å². The van der Waals surface area contributed by atoms with Gasteiger partial charge in [-0.15, -0.1) is 24.0 Å². The Morgan fingerprint density at radius 1 is 1.12 bits per heavy atom. The zero-order chi connectivity index (χ0) is 22.7. The number of nitrogens with zero attached hydrogens (tertiary/aromatic N) is 3. The molecule has 1 aliphatic heterocycles. The molecule has 4 atom stereocenters. The van der Waals surface area contributed by atoms with E-state index in [1.807, 2.05) is 6.92 Å². The second-order valence-electron chi connectivity index (χ2n) is 8.22. The number of nitro benzene ring substituents is 1. The highest BCUT2D eigenvalue weighted by Gasteiger charge is 2.58. The number of hydrogen-bond acceptors (Lipinski definition) is 6. The number of aliphatic imine (C=N–C) groups is 1. The molecule has 3 aliphatic rings. The van der Waals surface area contributed by atoms with Crippen LogP contribution in [-0.4, -0.2) is 60.3 Å². The number of carbonyl (C=O) groups is 2. The quantitative estimate of drug-likeness (QED) is 0.0608. The van der Waals surface area contributed by atoms with Gasteiger partial charge in [0.25, 0.3) is 5.69 Å². The number of fused-ring (bicyclic) bond motifs is 5. The molecule has 0 radical (unpaired) electrons. The molecule has 3 N–H and O–H groups in total. The second-order valence-corrected chi connectivity index (χ2v) is 8.22. The van der Waals surface area contributed by atoms with Gasteiger partial charge in [-0.2, -0.15) is 0 Å². The first-order valence-corrected chi connectivity index (χ1v) is 11.0. The summed E-state index contributed by atoms with van der Waals surface area (Å²) < 4.78 is 0. The number of nitro groups is 1. The first-order valence-electron chi connectivity index (χ1n) is 11.0. The van der Waals surface area contributed by atoms with E-state index in [0.717, 1.165) is 6.42 Å². The smallest absolute Gasteiger partial charge is 0.292 e. The lowest BCUT2D eigenvalue weighted by molar-refractivity contribution is -0.384. The predicted octanol–water partition coefficient (Wildman–Crippen LogP) is 1.99. The topological polar surface area (TPSA) is 129 Å². The van der Waals surface area contributed by atoms with E-state index in [-0.39, 0.29) is 65.2 Å². The molecule has 2 bridgehead atoms. The van der Waals surface area contributed by atoms with Crippen molar-refractivity contribution in [1.29, 1.82) is 0 Å². The average molecular weight is 568 g/mol. The van der Waals surface area contributed by atoms with E-state index in [1.165, 1.54) is 11.0 Å². The molecule has 1 aromatic rings. The van der Waals surface area contributed by atoms with Crippen molar-refractivity contribution >= 4 is 53.1 Å². The van der Waals surface area contributed by atoms with Crippen molar-refractivity contribution in [2.75, 3.05) is 38.0 Å². The summed E-state index contributed by atoms with van der Waals surface area (Å²) in [5.74, 6) is 0.555. The predicted molar refractivity (Wildman–Crippen MR) is 135 cm³/mol. The highest BCUT2D eigenvalue weighted by molar-refractivity contribution is 14.0. The van der Waals surface area contributed by atoms with Crippen LogP contribution in [-0.2, 0) is 9.59 Å². The van der Waals surface area contributed by atoms with Crippen molar-refractivity contribution in [2.45, 2.75) is 13.3 Å². The number of guanidine groups is 1. The van der Waals surface area contributed by atoms with Gasteiger partial charge in [0.1, 0.15) is 5.69 Å². The van der Waals surface area contributed by atoms with Crippen molar-refractivity contribution in [3.8, 4) is 0 Å². The molecular weight excluding hydrogens is 539 g/mol. The van der Waals surface area contributed by atoms with E-state index in [1.54, 1.807) is 18.2 Å². The Balaban J connectivity index is 0.00000306. The number of imide groups is 1. The maximum Gasteiger partial charge on any atom is 0.292 e. The number of amides is 2. The Morgan fingerprint density at radius 2 is 1.79 bits per heavy atom. The third kappa shape index (κ3) is 5.12. The van der Waals surface area contributed by atoms with Gasteiger partial charge in [-0.1, -0.05) is 24.3 Å². The fraction of sp³-hybridized carbons (Fsp3) is 0.500.